The number of nitro groups is 1. The van der Waals surface area contributed by atoms with Crippen molar-refractivity contribution < 1.29 is 14.8 Å². The van der Waals surface area contributed by atoms with E-state index in [1.165, 1.54) is 16.7 Å². The van der Waals surface area contributed by atoms with Gasteiger partial charge in [0.2, 0.25) is 12.5 Å². The molecule has 4 atom stereocenters. The van der Waals surface area contributed by atoms with Crippen LogP contribution in [0.4, 0.5) is 0 Å². The fourth-order valence-electron chi connectivity index (χ4n) is 4.85. The molecular weight excluding hydrogens is 332 g/mol. The van der Waals surface area contributed by atoms with E-state index in [0.29, 0.717) is 13.0 Å². The molecule has 1 aromatic rings. The Hall–Kier alpha value is -1.95. The molecule has 0 bridgehead atoms. The van der Waals surface area contributed by atoms with E-state index in [9.17, 15) is 20.0 Å². The Labute approximate surface area is 154 Å². The lowest BCUT2D eigenvalue weighted by molar-refractivity contribution is -0.491. The molecule has 6 heteroatoms. The average molecular weight is 360 g/mol. The zero-order valence-corrected chi connectivity index (χ0v) is 15.8. The Morgan fingerprint density at radius 2 is 2.08 bits per heavy atom. The van der Waals surface area contributed by atoms with Crippen LogP contribution in [0, 0.1) is 41.7 Å². The highest BCUT2D eigenvalue weighted by Gasteiger charge is 2.61. The maximum absolute atomic E-state index is 12.5. The van der Waals surface area contributed by atoms with Crippen LogP contribution in [-0.4, -0.2) is 39.7 Å². The lowest BCUT2D eigenvalue weighted by Gasteiger charge is -2.34. The molecule has 0 spiro atoms. The van der Waals surface area contributed by atoms with Crippen molar-refractivity contribution in [1.29, 1.82) is 0 Å². The maximum Gasteiger partial charge on any atom is 0.225 e. The van der Waals surface area contributed by atoms with E-state index in [4.69, 9.17) is 0 Å². The van der Waals surface area contributed by atoms with Gasteiger partial charge in [0, 0.05) is 29.7 Å². The molecule has 2 aliphatic rings. The maximum atomic E-state index is 12.5. The molecule has 1 aliphatic carbocycles. The first-order chi connectivity index (χ1) is 12.2. The zero-order chi connectivity index (χ0) is 19.1. The molecule has 142 valence electrons. The molecule has 1 aliphatic heterocycles. The van der Waals surface area contributed by atoms with E-state index in [1.807, 2.05) is 6.92 Å². The van der Waals surface area contributed by atoms with Gasteiger partial charge in [0.05, 0.1) is 0 Å². The standard InChI is InChI=1S/C20H28N2O4/c1-13-6-7-16(9-14(13)2)5-4-8-21-19(23)10-18-17(12-22(25)26)15(3)11-20(18,21)24/h6-7,9,15,17-18,24H,4-5,8,10-12H2,1-3H3/t15-,17+,18?,20?/m0/s1. The number of aliphatic hydroxyl groups is 1. The molecule has 0 radical (unpaired) electrons. The first-order valence-electron chi connectivity index (χ1n) is 9.43. The number of hydrogen-bond acceptors (Lipinski definition) is 4. The van der Waals surface area contributed by atoms with Gasteiger partial charge in [-0.25, -0.2) is 0 Å². The zero-order valence-electron chi connectivity index (χ0n) is 15.8. The first-order valence-corrected chi connectivity index (χ1v) is 9.43. The highest BCUT2D eigenvalue weighted by atomic mass is 16.6. The van der Waals surface area contributed by atoms with Crippen molar-refractivity contribution in [2.45, 2.75) is 52.2 Å². The highest BCUT2D eigenvalue weighted by Crippen LogP contribution is 2.52. The summed E-state index contributed by atoms with van der Waals surface area (Å²) in [6.07, 6.45) is 2.28. The van der Waals surface area contributed by atoms with Crippen molar-refractivity contribution >= 4 is 5.91 Å². The summed E-state index contributed by atoms with van der Waals surface area (Å²) >= 11 is 0. The minimum absolute atomic E-state index is 0.0470. The van der Waals surface area contributed by atoms with Crippen LogP contribution in [0.15, 0.2) is 18.2 Å². The molecule has 1 N–H and O–H groups in total. The minimum atomic E-state index is -1.21. The Kier molecular flexibility index (Phi) is 5.06. The molecule has 0 aromatic heterocycles. The molecule has 1 saturated carbocycles. The number of aryl methyl sites for hydroxylation is 3. The average Bonchev–Trinajstić information content (AvgIpc) is 2.92. The minimum Gasteiger partial charge on any atom is -0.370 e. The lowest BCUT2D eigenvalue weighted by atomic mass is 9.88. The van der Waals surface area contributed by atoms with E-state index in [-0.39, 0.29) is 41.5 Å². The fraction of sp³-hybridized carbons (Fsp3) is 0.650. The molecular formula is C20H28N2O4. The van der Waals surface area contributed by atoms with Crippen molar-refractivity contribution in [3.63, 3.8) is 0 Å². The summed E-state index contributed by atoms with van der Waals surface area (Å²) in [5, 5.41) is 22.1. The van der Waals surface area contributed by atoms with Crippen LogP contribution < -0.4 is 0 Å². The topological polar surface area (TPSA) is 83.7 Å². The third kappa shape index (κ3) is 3.34. The van der Waals surface area contributed by atoms with Gasteiger partial charge in [0.25, 0.3) is 0 Å². The number of fused-ring (bicyclic) bond motifs is 1. The van der Waals surface area contributed by atoms with E-state index >= 15 is 0 Å². The Morgan fingerprint density at radius 3 is 2.73 bits per heavy atom. The highest BCUT2D eigenvalue weighted by molar-refractivity contribution is 5.80. The predicted molar refractivity (Wildman–Crippen MR) is 98.1 cm³/mol. The van der Waals surface area contributed by atoms with Gasteiger partial charge in [0.15, 0.2) is 0 Å². The molecule has 1 amide bonds. The van der Waals surface area contributed by atoms with E-state index < -0.39 is 5.72 Å². The van der Waals surface area contributed by atoms with Crippen LogP contribution in [-0.2, 0) is 11.2 Å². The van der Waals surface area contributed by atoms with Crippen LogP contribution in [0.3, 0.4) is 0 Å². The normalized spacial score (nSPS) is 30.7. The van der Waals surface area contributed by atoms with Crippen LogP contribution in [0.2, 0.25) is 0 Å². The number of rotatable bonds is 6. The lowest BCUT2D eigenvalue weighted by Crippen LogP contribution is -2.48. The summed E-state index contributed by atoms with van der Waals surface area (Å²) in [4.78, 5) is 24.7. The van der Waals surface area contributed by atoms with Crippen LogP contribution in [0.25, 0.3) is 0 Å². The third-order valence-electron chi connectivity index (χ3n) is 6.41. The van der Waals surface area contributed by atoms with Gasteiger partial charge >= 0.3 is 0 Å². The number of carbonyl (C=O) groups excluding carboxylic acids is 1. The Morgan fingerprint density at radius 1 is 1.35 bits per heavy atom. The number of amides is 1. The van der Waals surface area contributed by atoms with Crippen molar-refractivity contribution in [3.8, 4) is 0 Å². The quantitative estimate of drug-likeness (QED) is 0.624. The second-order valence-corrected chi connectivity index (χ2v) is 8.12. The third-order valence-corrected chi connectivity index (χ3v) is 6.41. The summed E-state index contributed by atoms with van der Waals surface area (Å²) < 4.78 is 0. The van der Waals surface area contributed by atoms with Crippen LogP contribution in [0.1, 0.15) is 42.9 Å². The van der Waals surface area contributed by atoms with Crippen molar-refractivity contribution in [2.75, 3.05) is 13.1 Å². The smallest absolute Gasteiger partial charge is 0.225 e. The summed E-state index contributed by atoms with van der Waals surface area (Å²) in [6.45, 7) is 6.45. The van der Waals surface area contributed by atoms with Gasteiger partial charge in [-0.1, -0.05) is 25.1 Å². The van der Waals surface area contributed by atoms with Gasteiger partial charge in [-0.3, -0.25) is 14.9 Å². The van der Waals surface area contributed by atoms with Gasteiger partial charge in [-0.15, -0.1) is 0 Å². The Bertz CT molecular complexity index is 720. The first kappa shape index (κ1) is 18.8. The summed E-state index contributed by atoms with van der Waals surface area (Å²) in [5.41, 5.74) is 2.54. The number of benzene rings is 1. The Balaban J connectivity index is 1.65. The monoisotopic (exact) mass is 360 g/mol. The van der Waals surface area contributed by atoms with Crippen molar-refractivity contribution in [3.05, 3.63) is 45.0 Å². The molecule has 1 saturated heterocycles. The van der Waals surface area contributed by atoms with E-state index in [0.717, 1.165) is 12.8 Å². The van der Waals surface area contributed by atoms with Crippen molar-refractivity contribution in [1.82, 2.24) is 4.90 Å². The number of likely N-dealkylation sites (tertiary alicyclic amines) is 1. The van der Waals surface area contributed by atoms with Gasteiger partial charge in [0.1, 0.15) is 5.72 Å². The van der Waals surface area contributed by atoms with Crippen molar-refractivity contribution in [2.24, 2.45) is 17.8 Å². The predicted octanol–water partition coefficient (Wildman–Crippen LogP) is 2.71. The summed E-state index contributed by atoms with van der Waals surface area (Å²) in [7, 11) is 0. The van der Waals surface area contributed by atoms with Crippen LogP contribution in [0.5, 0.6) is 0 Å². The van der Waals surface area contributed by atoms with E-state index in [1.54, 1.807) is 4.90 Å². The van der Waals surface area contributed by atoms with Gasteiger partial charge in [-0.2, -0.15) is 0 Å². The molecule has 2 unspecified atom stereocenters. The molecule has 1 aromatic carbocycles. The molecule has 2 fully saturated rings. The molecule has 3 rings (SSSR count). The summed E-state index contributed by atoms with van der Waals surface area (Å²) in [6, 6.07) is 6.38. The summed E-state index contributed by atoms with van der Waals surface area (Å²) in [5.74, 6) is -0.579. The molecule has 26 heavy (non-hydrogen) atoms. The van der Waals surface area contributed by atoms with Crippen LogP contribution >= 0.6 is 0 Å². The van der Waals surface area contributed by atoms with E-state index in [2.05, 4.69) is 32.0 Å². The molecule has 1 heterocycles. The SMILES string of the molecule is Cc1ccc(CCCN2C(=O)CC3[C@H](C[N+](=O)[O-])[C@@H](C)CC32O)cc1C. The van der Waals surface area contributed by atoms with Gasteiger partial charge < -0.3 is 10.0 Å². The second-order valence-electron chi connectivity index (χ2n) is 8.12. The van der Waals surface area contributed by atoms with Gasteiger partial charge in [-0.05, 0) is 55.7 Å². The second kappa shape index (κ2) is 6.99. The number of carbonyl (C=O) groups is 1. The molecule has 6 nitrogen and oxygen atoms in total. The number of hydrogen-bond donors (Lipinski definition) is 1. The fourth-order valence-corrected chi connectivity index (χ4v) is 4.85. The number of nitrogens with zero attached hydrogens (tertiary/aromatic N) is 2. The largest absolute Gasteiger partial charge is 0.370 e.